The largest absolute Gasteiger partial charge is 0.326 e. The predicted octanol–water partition coefficient (Wildman–Crippen LogP) is 5.52. The molecule has 3 aromatic heterocycles. The van der Waals surface area contributed by atoms with E-state index in [4.69, 9.17) is 9.97 Å². The summed E-state index contributed by atoms with van der Waals surface area (Å²) >= 11 is 3.14. The van der Waals surface area contributed by atoms with E-state index in [1.807, 2.05) is 37.3 Å². The molecule has 1 aromatic carbocycles. The fraction of sp³-hybridized carbons (Fsp3) is 0.238. The van der Waals surface area contributed by atoms with Gasteiger partial charge in [0.15, 0.2) is 11.0 Å². The van der Waals surface area contributed by atoms with E-state index >= 15 is 0 Å². The molecule has 1 aliphatic carbocycles. The number of thiophene rings is 1. The van der Waals surface area contributed by atoms with E-state index in [1.165, 1.54) is 16.6 Å². The Morgan fingerprint density at radius 3 is 2.70 bits per heavy atom. The molecule has 3 N–H and O–H groups in total. The Bertz CT molecular complexity index is 1230. The number of hydrogen-bond acceptors (Lipinski definition) is 7. The fourth-order valence-electron chi connectivity index (χ4n) is 3.07. The van der Waals surface area contributed by atoms with Crippen molar-refractivity contribution in [3.63, 3.8) is 0 Å². The lowest BCUT2D eigenvalue weighted by Crippen LogP contribution is -2.12. The summed E-state index contributed by atoms with van der Waals surface area (Å²) in [5.41, 5.74) is 1.80. The topological polar surface area (TPSA) is 95.6 Å². The number of benzene rings is 1. The van der Waals surface area contributed by atoms with E-state index in [2.05, 4.69) is 33.8 Å². The standard InChI is InChI=1S/C21H20N6OS2.H2/c1-11-9-17(27-26-11)23-18-16-10-12(2)29-20(16)25-21(24-18)30-15-7-5-14(6-8-15)22-19(28)13-3-4-13;/h5-10,13H,3-4H2,1-2H3,(H,22,28)(H2,23,24,25,26,27);1H. The molecule has 0 saturated heterocycles. The molecule has 0 radical (unpaired) electrons. The summed E-state index contributed by atoms with van der Waals surface area (Å²) in [5, 5.41) is 15.1. The molecule has 0 bridgehead atoms. The van der Waals surface area contributed by atoms with Crippen molar-refractivity contribution < 1.29 is 6.22 Å². The van der Waals surface area contributed by atoms with Gasteiger partial charge in [0.25, 0.3) is 0 Å². The van der Waals surface area contributed by atoms with E-state index < -0.39 is 0 Å². The Hall–Kier alpha value is -2.91. The van der Waals surface area contributed by atoms with Crippen molar-refractivity contribution in [3.05, 3.63) is 47.0 Å². The first-order chi connectivity index (χ1) is 14.5. The predicted molar refractivity (Wildman–Crippen MR) is 123 cm³/mol. The Balaban J connectivity index is 0.00000231. The van der Waals surface area contributed by atoms with Gasteiger partial charge in [-0.15, -0.1) is 11.3 Å². The van der Waals surface area contributed by atoms with Crippen molar-refractivity contribution in [2.75, 3.05) is 10.6 Å². The van der Waals surface area contributed by atoms with Crippen molar-refractivity contribution in [1.29, 1.82) is 0 Å². The van der Waals surface area contributed by atoms with Crippen LogP contribution in [0.4, 0.5) is 17.3 Å². The van der Waals surface area contributed by atoms with E-state index in [0.29, 0.717) is 5.16 Å². The maximum atomic E-state index is 11.9. The number of rotatable bonds is 6. The van der Waals surface area contributed by atoms with Gasteiger partial charge < -0.3 is 10.6 Å². The maximum absolute atomic E-state index is 11.9. The molecule has 0 aliphatic heterocycles. The van der Waals surface area contributed by atoms with Crippen LogP contribution in [0.1, 0.15) is 24.8 Å². The van der Waals surface area contributed by atoms with Crippen molar-refractivity contribution in [2.24, 2.45) is 5.92 Å². The highest BCUT2D eigenvalue weighted by Crippen LogP contribution is 2.35. The number of anilines is 3. The minimum Gasteiger partial charge on any atom is -0.326 e. The molecule has 1 aliphatic rings. The highest BCUT2D eigenvalue weighted by molar-refractivity contribution is 7.99. The number of aromatic nitrogens is 4. The Labute approximate surface area is 183 Å². The summed E-state index contributed by atoms with van der Waals surface area (Å²) in [4.78, 5) is 24.5. The first-order valence-electron chi connectivity index (χ1n) is 9.69. The van der Waals surface area contributed by atoms with Crippen LogP contribution in [-0.2, 0) is 4.79 Å². The van der Waals surface area contributed by atoms with E-state index in [0.717, 1.165) is 51.0 Å². The summed E-state index contributed by atoms with van der Waals surface area (Å²) in [6, 6.07) is 11.8. The van der Waals surface area contributed by atoms with Crippen LogP contribution >= 0.6 is 23.1 Å². The average Bonchev–Trinajstić information content (AvgIpc) is 3.39. The molecule has 5 rings (SSSR count). The van der Waals surface area contributed by atoms with Crippen LogP contribution in [0, 0.1) is 19.8 Å². The summed E-state index contributed by atoms with van der Waals surface area (Å²) in [7, 11) is 0. The molecule has 0 atom stereocenters. The number of nitrogens with one attached hydrogen (secondary N) is 3. The number of nitrogens with zero attached hydrogens (tertiary/aromatic N) is 3. The molecule has 4 aromatic rings. The molecule has 30 heavy (non-hydrogen) atoms. The van der Waals surface area contributed by atoms with Crippen molar-refractivity contribution in [1.82, 2.24) is 20.2 Å². The summed E-state index contributed by atoms with van der Waals surface area (Å²) in [5.74, 6) is 1.77. The zero-order valence-electron chi connectivity index (χ0n) is 16.5. The van der Waals surface area contributed by atoms with Crippen LogP contribution in [0.15, 0.2) is 46.5 Å². The molecule has 154 valence electrons. The van der Waals surface area contributed by atoms with Crippen molar-refractivity contribution in [2.45, 2.75) is 36.7 Å². The van der Waals surface area contributed by atoms with Crippen molar-refractivity contribution in [3.8, 4) is 0 Å². The molecular formula is C21H22N6OS2. The molecule has 1 fully saturated rings. The third-order valence-corrected chi connectivity index (χ3v) is 6.54. The highest BCUT2D eigenvalue weighted by Gasteiger charge is 2.29. The quantitative estimate of drug-likeness (QED) is 0.343. The monoisotopic (exact) mass is 438 g/mol. The zero-order valence-corrected chi connectivity index (χ0v) is 18.2. The number of carbonyl (C=O) groups is 1. The third-order valence-electron chi connectivity index (χ3n) is 4.73. The summed E-state index contributed by atoms with van der Waals surface area (Å²) < 4.78 is 0. The zero-order chi connectivity index (χ0) is 20.7. The minimum absolute atomic E-state index is 0. The second-order valence-corrected chi connectivity index (χ2v) is 9.66. The first-order valence-corrected chi connectivity index (χ1v) is 11.3. The van der Waals surface area contributed by atoms with E-state index in [1.54, 1.807) is 11.3 Å². The number of aromatic amines is 1. The van der Waals surface area contributed by atoms with Gasteiger partial charge in [-0.05, 0) is 68.8 Å². The van der Waals surface area contributed by atoms with Gasteiger partial charge in [-0.3, -0.25) is 9.89 Å². The number of fused-ring (bicyclic) bond motifs is 1. The lowest BCUT2D eigenvalue weighted by atomic mass is 10.3. The van der Waals surface area contributed by atoms with Crippen LogP contribution in [0.5, 0.6) is 0 Å². The molecule has 1 saturated carbocycles. The Morgan fingerprint density at radius 1 is 1.20 bits per heavy atom. The lowest BCUT2D eigenvalue weighted by Gasteiger charge is -2.08. The third kappa shape index (κ3) is 4.17. The maximum Gasteiger partial charge on any atom is 0.227 e. The second kappa shape index (κ2) is 7.73. The van der Waals surface area contributed by atoms with E-state index in [9.17, 15) is 4.79 Å². The van der Waals surface area contributed by atoms with Crippen LogP contribution < -0.4 is 10.6 Å². The van der Waals surface area contributed by atoms with Crippen LogP contribution in [-0.4, -0.2) is 26.1 Å². The number of hydrogen-bond donors (Lipinski definition) is 3. The normalized spacial score (nSPS) is 13.5. The van der Waals surface area contributed by atoms with E-state index in [-0.39, 0.29) is 13.3 Å². The fourth-order valence-corrected chi connectivity index (χ4v) is 4.76. The average molecular weight is 439 g/mol. The van der Waals surface area contributed by atoms with Gasteiger partial charge in [-0.25, -0.2) is 9.97 Å². The number of carbonyl (C=O) groups excluding carboxylic acids is 1. The van der Waals surface area contributed by atoms with Gasteiger partial charge in [0.1, 0.15) is 10.6 Å². The molecule has 3 heterocycles. The van der Waals surface area contributed by atoms with Gasteiger partial charge in [-0.2, -0.15) is 5.10 Å². The van der Waals surface area contributed by atoms with Gasteiger partial charge in [-0.1, -0.05) is 0 Å². The lowest BCUT2D eigenvalue weighted by molar-refractivity contribution is -0.117. The van der Waals surface area contributed by atoms with Gasteiger partial charge in [0.05, 0.1) is 5.39 Å². The smallest absolute Gasteiger partial charge is 0.227 e. The SMILES string of the molecule is Cc1cc(Nc2nc(Sc3ccc(NC(=O)C4CC4)cc3)nc3sc(C)cc23)n[nH]1.[HH]. The molecule has 1 amide bonds. The van der Waals surface area contributed by atoms with Gasteiger partial charge in [0.2, 0.25) is 5.91 Å². The Kier molecular flexibility index (Phi) is 4.92. The number of amides is 1. The summed E-state index contributed by atoms with van der Waals surface area (Å²) in [6.07, 6.45) is 1.99. The molecule has 0 unspecified atom stereocenters. The van der Waals surface area contributed by atoms with Crippen LogP contribution in [0.2, 0.25) is 0 Å². The summed E-state index contributed by atoms with van der Waals surface area (Å²) in [6.45, 7) is 4.02. The first kappa shape index (κ1) is 19.1. The number of aryl methyl sites for hydroxylation is 2. The Morgan fingerprint density at radius 2 is 2.00 bits per heavy atom. The molecule has 7 nitrogen and oxygen atoms in total. The number of H-pyrrole nitrogens is 1. The van der Waals surface area contributed by atoms with Gasteiger partial charge in [0, 0.05) is 34.6 Å². The second-order valence-electron chi connectivity index (χ2n) is 7.38. The molecule has 0 spiro atoms. The molecular weight excluding hydrogens is 416 g/mol. The minimum atomic E-state index is 0. The van der Waals surface area contributed by atoms with Crippen molar-refractivity contribution >= 4 is 56.5 Å². The van der Waals surface area contributed by atoms with Crippen LogP contribution in [0.3, 0.4) is 0 Å². The molecule has 9 heteroatoms. The van der Waals surface area contributed by atoms with Crippen LogP contribution in [0.25, 0.3) is 10.2 Å². The van der Waals surface area contributed by atoms with Gasteiger partial charge >= 0.3 is 0 Å². The highest BCUT2D eigenvalue weighted by atomic mass is 32.2.